The van der Waals surface area contributed by atoms with Crippen LogP contribution >= 0.6 is 0 Å². The summed E-state index contributed by atoms with van der Waals surface area (Å²) < 4.78 is 0. The molecule has 7 heteroatoms. The summed E-state index contributed by atoms with van der Waals surface area (Å²) in [4.78, 5) is 10.2. The average Bonchev–Trinajstić information content (AvgIpc) is 2.71. The molecule has 1 N–H and O–H groups in total. The molecule has 2 aromatic rings. The van der Waals surface area contributed by atoms with Gasteiger partial charge in [-0.1, -0.05) is 0 Å². The van der Waals surface area contributed by atoms with Crippen LogP contribution < -0.4 is 4.90 Å². The highest BCUT2D eigenvalue weighted by atomic mass is 15.5. The van der Waals surface area contributed by atoms with Gasteiger partial charge >= 0.3 is 0 Å². The van der Waals surface area contributed by atoms with Crippen molar-refractivity contribution in [3.05, 3.63) is 12.4 Å². The molecule has 0 fully saturated rings. The zero-order valence-electron chi connectivity index (χ0n) is 7.84. The third-order valence-electron chi connectivity index (χ3n) is 1.67. The first-order chi connectivity index (χ1) is 6.77. The highest BCUT2D eigenvalue weighted by Gasteiger charge is 2.05. The Morgan fingerprint density at radius 2 is 2.07 bits per heavy atom. The molecule has 0 spiro atoms. The van der Waals surface area contributed by atoms with Crippen molar-refractivity contribution in [3.8, 4) is 11.5 Å². The molecule has 14 heavy (non-hydrogen) atoms. The van der Waals surface area contributed by atoms with Crippen molar-refractivity contribution >= 4 is 5.82 Å². The normalized spacial score (nSPS) is 10.1. The first-order valence-corrected chi connectivity index (χ1v) is 4.00. The predicted octanol–water partition coefficient (Wildman–Crippen LogP) is -0.277. The average molecular weight is 191 g/mol. The summed E-state index contributed by atoms with van der Waals surface area (Å²) in [6.45, 7) is 0. The van der Waals surface area contributed by atoms with Crippen LogP contribution in [0.3, 0.4) is 0 Å². The smallest absolute Gasteiger partial charge is 0.224 e. The van der Waals surface area contributed by atoms with Crippen LogP contribution in [0.2, 0.25) is 0 Å². The fourth-order valence-corrected chi connectivity index (χ4v) is 0.938. The summed E-state index contributed by atoms with van der Waals surface area (Å²) in [5, 5.41) is 13.4. The van der Waals surface area contributed by atoms with Crippen LogP contribution in [-0.4, -0.2) is 44.7 Å². The molecule has 0 aliphatic carbocycles. The summed E-state index contributed by atoms with van der Waals surface area (Å²) in [5.41, 5.74) is 0.601. The van der Waals surface area contributed by atoms with E-state index in [1.54, 1.807) is 12.4 Å². The number of aromatic amines is 1. The van der Waals surface area contributed by atoms with Crippen molar-refractivity contribution < 1.29 is 0 Å². The van der Waals surface area contributed by atoms with E-state index in [1.165, 1.54) is 0 Å². The Hall–Kier alpha value is -2.05. The fourth-order valence-electron chi connectivity index (χ4n) is 0.938. The van der Waals surface area contributed by atoms with Crippen molar-refractivity contribution in [2.75, 3.05) is 19.0 Å². The van der Waals surface area contributed by atoms with E-state index in [9.17, 15) is 0 Å². The van der Waals surface area contributed by atoms with E-state index in [1.807, 2.05) is 19.0 Å². The van der Waals surface area contributed by atoms with Gasteiger partial charge < -0.3 is 4.90 Å². The second-order valence-electron chi connectivity index (χ2n) is 2.89. The van der Waals surface area contributed by atoms with Gasteiger partial charge in [-0.05, 0) is 5.21 Å². The largest absolute Gasteiger partial charge is 0.361 e. The van der Waals surface area contributed by atoms with Crippen molar-refractivity contribution in [2.45, 2.75) is 0 Å². The number of H-pyrrole nitrogens is 1. The maximum absolute atomic E-state index is 4.18. The van der Waals surface area contributed by atoms with Gasteiger partial charge in [0, 0.05) is 14.1 Å². The van der Waals surface area contributed by atoms with E-state index >= 15 is 0 Å². The first kappa shape index (κ1) is 8.54. The van der Waals surface area contributed by atoms with Gasteiger partial charge in [-0.3, -0.25) is 0 Å². The SMILES string of the molecule is CN(C)c1cnc(-c2nn[nH]n2)cn1. The minimum Gasteiger partial charge on any atom is -0.361 e. The lowest BCUT2D eigenvalue weighted by atomic mass is 10.4. The highest BCUT2D eigenvalue weighted by Crippen LogP contribution is 2.10. The van der Waals surface area contributed by atoms with Crippen LogP contribution in [0.25, 0.3) is 11.5 Å². The van der Waals surface area contributed by atoms with E-state index < -0.39 is 0 Å². The standard InChI is InChI=1S/C7H9N7/c1-14(2)6-4-8-5(3-9-6)7-10-12-13-11-7/h3-4H,1-2H3,(H,10,11,12,13). The Bertz CT molecular complexity index is 390. The van der Waals surface area contributed by atoms with Gasteiger partial charge in [-0.15, -0.1) is 10.2 Å². The third kappa shape index (κ3) is 1.51. The van der Waals surface area contributed by atoms with Gasteiger partial charge in [-0.2, -0.15) is 5.21 Å². The maximum atomic E-state index is 4.18. The molecule has 0 atom stereocenters. The van der Waals surface area contributed by atoms with Gasteiger partial charge in [0.2, 0.25) is 5.82 Å². The van der Waals surface area contributed by atoms with Gasteiger partial charge in [-0.25, -0.2) is 9.97 Å². The summed E-state index contributed by atoms with van der Waals surface area (Å²) in [6.07, 6.45) is 3.27. The molecule has 0 amide bonds. The van der Waals surface area contributed by atoms with E-state index in [-0.39, 0.29) is 0 Å². The molecular formula is C7H9N7. The number of nitrogens with one attached hydrogen (secondary N) is 1. The molecule has 0 aliphatic rings. The predicted molar refractivity (Wildman–Crippen MR) is 49.5 cm³/mol. The van der Waals surface area contributed by atoms with E-state index in [2.05, 4.69) is 30.6 Å². The second kappa shape index (κ2) is 3.36. The Balaban J connectivity index is 2.31. The third-order valence-corrected chi connectivity index (χ3v) is 1.67. The lowest BCUT2D eigenvalue weighted by Gasteiger charge is -2.09. The molecule has 2 rings (SSSR count). The lowest BCUT2D eigenvalue weighted by molar-refractivity contribution is 0.881. The number of aromatic nitrogens is 6. The molecule has 0 bridgehead atoms. The maximum Gasteiger partial charge on any atom is 0.224 e. The Kier molecular flexibility index (Phi) is 2.05. The second-order valence-corrected chi connectivity index (χ2v) is 2.89. The van der Waals surface area contributed by atoms with E-state index in [0.29, 0.717) is 11.5 Å². The molecule has 0 saturated carbocycles. The van der Waals surface area contributed by atoms with Crippen LogP contribution in [0, 0.1) is 0 Å². The summed E-state index contributed by atoms with van der Waals surface area (Å²) in [5.74, 6) is 1.24. The fraction of sp³-hybridized carbons (Fsp3) is 0.286. The van der Waals surface area contributed by atoms with Crippen LogP contribution in [0.15, 0.2) is 12.4 Å². The van der Waals surface area contributed by atoms with Crippen molar-refractivity contribution in [1.29, 1.82) is 0 Å². The molecule has 0 radical (unpaired) electrons. The van der Waals surface area contributed by atoms with Crippen molar-refractivity contribution in [3.63, 3.8) is 0 Å². The molecule has 2 aromatic heterocycles. The van der Waals surface area contributed by atoms with Crippen molar-refractivity contribution in [1.82, 2.24) is 30.6 Å². The van der Waals surface area contributed by atoms with Crippen LogP contribution in [0.4, 0.5) is 5.82 Å². The molecule has 0 aliphatic heterocycles. The van der Waals surface area contributed by atoms with E-state index in [4.69, 9.17) is 0 Å². The number of tetrazole rings is 1. The van der Waals surface area contributed by atoms with E-state index in [0.717, 1.165) is 5.82 Å². The van der Waals surface area contributed by atoms with Gasteiger partial charge in [0.1, 0.15) is 11.5 Å². The Labute approximate surface area is 80.2 Å². The number of rotatable bonds is 2. The molecule has 72 valence electrons. The zero-order valence-corrected chi connectivity index (χ0v) is 7.84. The zero-order chi connectivity index (χ0) is 9.97. The minimum atomic E-state index is 0.447. The number of hydrogen-bond acceptors (Lipinski definition) is 6. The molecule has 0 saturated heterocycles. The number of anilines is 1. The quantitative estimate of drug-likeness (QED) is 0.703. The topological polar surface area (TPSA) is 83.5 Å². The molecule has 0 unspecified atom stereocenters. The van der Waals surface area contributed by atoms with Gasteiger partial charge in [0.05, 0.1) is 12.4 Å². The molecule has 7 nitrogen and oxygen atoms in total. The monoisotopic (exact) mass is 191 g/mol. The lowest BCUT2D eigenvalue weighted by Crippen LogP contribution is -2.10. The Morgan fingerprint density at radius 3 is 2.57 bits per heavy atom. The molecule has 2 heterocycles. The first-order valence-electron chi connectivity index (χ1n) is 4.00. The summed E-state index contributed by atoms with van der Waals surface area (Å²) in [7, 11) is 3.80. The van der Waals surface area contributed by atoms with Crippen LogP contribution in [-0.2, 0) is 0 Å². The Morgan fingerprint density at radius 1 is 1.21 bits per heavy atom. The minimum absolute atomic E-state index is 0.447. The van der Waals surface area contributed by atoms with Crippen LogP contribution in [0.1, 0.15) is 0 Å². The highest BCUT2D eigenvalue weighted by molar-refractivity contribution is 5.48. The summed E-state index contributed by atoms with van der Waals surface area (Å²) >= 11 is 0. The molecule has 0 aromatic carbocycles. The van der Waals surface area contributed by atoms with Crippen LogP contribution in [0.5, 0.6) is 0 Å². The molecular weight excluding hydrogens is 182 g/mol. The van der Waals surface area contributed by atoms with Gasteiger partial charge in [0.15, 0.2) is 0 Å². The number of nitrogens with zero attached hydrogens (tertiary/aromatic N) is 6. The number of hydrogen-bond donors (Lipinski definition) is 1. The van der Waals surface area contributed by atoms with Crippen molar-refractivity contribution in [2.24, 2.45) is 0 Å². The summed E-state index contributed by atoms with van der Waals surface area (Å²) in [6, 6.07) is 0. The van der Waals surface area contributed by atoms with Gasteiger partial charge in [0.25, 0.3) is 0 Å².